The molecule has 0 radical (unpaired) electrons. The van der Waals surface area contributed by atoms with Crippen molar-refractivity contribution in [3.05, 3.63) is 71.4 Å². The number of anilines is 1. The standard InChI is InChI=1S/C27H31F3N4O4/c1-26(2,3)22-16-23(34(32-22)20-10-12-21(38-5)13-11-20)31-24(35)17-33(14-15-37-4)25(36)18-6-8-19(9-7-18)27(28,29)30/h6-13,16H,14-15,17H2,1-5H3,(H,31,35). The van der Waals surface area contributed by atoms with Gasteiger partial charge in [-0.3, -0.25) is 9.59 Å². The van der Waals surface area contributed by atoms with Crippen molar-refractivity contribution in [2.45, 2.75) is 32.4 Å². The topological polar surface area (TPSA) is 85.7 Å². The predicted molar refractivity (Wildman–Crippen MR) is 137 cm³/mol. The first kappa shape index (κ1) is 28.7. The first-order valence-corrected chi connectivity index (χ1v) is 11.8. The molecule has 2 aromatic carbocycles. The maximum absolute atomic E-state index is 13.1. The van der Waals surface area contributed by atoms with Gasteiger partial charge in [-0.25, -0.2) is 4.68 Å². The quantitative estimate of drug-likeness (QED) is 0.423. The Morgan fingerprint density at radius 2 is 1.63 bits per heavy atom. The van der Waals surface area contributed by atoms with Gasteiger partial charge in [0.2, 0.25) is 5.91 Å². The molecule has 8 nitrogen and oxygen atoms in total. The van der Waals surface area contributed by atoms with E-state index < -0.39 is 23.6 Å². The van der Waals surface area contributed by atoms with E-state index in [0.717, 1.165) is 30.0 Å². The molecule has 1 N–H and O–H groups in total. The highest BCUT2D eigenvalue weighted by atomic mass is 19.4. The number of benzene rings is 2. The molecule has 38 heavy (non-hydrogen) atoms. The highest BCUT2D eigenvalue weighted by Gasteiger charge is 2.30. The Morgan fingerprint density at radius 3 is 2.16 bits per heavy atom. The maximum atomic E-state index is 13.1. The summed E-state index contributed by atoms with van der Waals surface area (Å²) in [6.07, 6.45) is -4.52. The van der Waals surface area contributed by atoms with Crippen molar-refractivity contribution in [2.24, 2.45) is 0 Å². The number of halogens is 3. The fraction of sp³-hybridized carbons (Fsp3) is 0.370. The Kier molecular flexibility index (Phi) is 8.82. The molecule has 0 fully saturated rings. The van der Waals surface area contributed by atoms with Gasteiger partial charge in [-0.2, -0.15) is 18.3 Å². The van der Waals surface area contributed by atoms with Crippen LogP contribution in [-0.2, 0) is 21.1 Å². The van der Waals surface area contributed by atoms with Gasteiger partial charge in [0.15, 0.2) is 0 Å². The SMILES string of the molecule is COCCN(CC(=O)Nc1cc(C(C)(C)C)nn1-c1ccc(OC)cc1)C(=O)c1ccc(C(F)(F)F)cc1. The summed E-state index contributed by atoms with van der Waals surface area (Å²) in [4.78, 5) is 27.4. The molecule has 3 rings (SSSR count). The van der Waals surface area contributed by atoms with Crippen LogP contribution in [0.4, 0.5) is 19.0 Å². The van der Waals surface area contributed by atoms with Gasteiger partial charge in [-0.05, 0) is 48.5 Å². The number of carbonyl (C=O) groups is 2. The summed E-state index contributed by atoms with van der Waals surface area (Å²) in [6, 6.07) is 12.8. The van der Waals surface area contributed by atoms with Crippen LogP contribution in [0.25, 0.3) is 5.69 Å². The smallest absolute Gasteiger partial charge is 0.416 e. The summed E-state index contributed by atoms with van der Waals surface area (Å²) in [7, 11) is 3.01. The van der Waals surface area contributed by atoms with Crippen LogP contribution in [-0.4, -0.2) is 60.4 Å². The molecule has 0 spiro atoms. The van der Waals surface area contributed by atoms with Gasteiger partial charge in [-0.1, -0.05) is 20.8 Å². The lowest BCUT2D eigenvalue weighted by Crippen LogP contribution is -2.40. The van der Waals surface area contributed by atoms with Crippen molar-refractivity contribution in [3.63, 3.8) is 0 Å². The number of aromatic nitrogens is 2. The van der Waals surface area contributed by atoms with Crippen LogP contribution in [0, 0.1) is 0 Å². The number of hydrogen-bond acceptors (Lipinski definition) is 5. The number of carbonyl (C=O) groups excluding carboxylic acids is 2. The van der Waals surface area contributed by atoms with E-state index in [1.807, 2.05) is 20.8 Å². The molecule has 0 saturated heterocycles. The average molecular weight is 533 g/mol. The van der Waals surface area contributed by atoms with Gasteiger partial charge in [0.05, 0.1) is 30.7 Å². The number of ether oxygens (including phenoxy) is 2. The third kappa shape index (κ3) is 7.12. The zero-order valence-corrected chi connectivity index (χ0v) is 21.9. The van der Waals surface area contributed by atoms with E-state index in [2.05, 4.69) is 10.4 Å². The van der Waals surface area contributed by atoms with Crippen LogP contribution < -0.4 is 10.1 Å². The number of alkyl halides is 3. The van der Waals surface area contributed by atoms with Crippen LogP contribution in [0.1, 0.15) is 42.4 Å². The normalized spacial score (nSPS) is 11.8. The molecule has 0 atom stereocenters. The van der Waals surface area contributed by atoms with E-state index >= 15 is 0 Å². The molecule has 0 saturated carbocycles. The van der Waals surface area contributed by atoms with Crippen LogP contribution >= 0.6 is 0 Å². The summed E-state index contributed by atoms with van der Waals surface area (Å²) in [5, 5.41) is 7.49. The number of nitrogens with zero attached hydrogens (tertiary/aromatic N) is 3. The zero-order valence-electron chi connectivity index (χ0n) is 21.9. The lowest BCUT2D eigenvalue weighted by Gasteiger charge is -2.22. The van der Waals surface area contributed by atoms with E-state index in [4.69, 9.17) is 9.47 Å². The third-order valence-electron chi connectivity index (χ3n) is 5.71. The van der Waals surface area contributed by atoms with Crippen LogP contribution in [0.5, 0.6) is 5.75 Å². The molecule has 0 unspecified atom stereocenters. The third-order valence-corrected chi connectivity index (χ3v) is 5.71. The summed E-state index contributed by atoms with van der Waals surface area (Å²) in [5.41, 5.74) is 0.284. The minimum absolute atomic E-state index is 0.0280. The lowest BCUT2D eigenvalue weighted by molar-refractivity contribution is -0.137. The van der Waals surface area contributed by atoms with Crippen LogP contribution in [0.15, 0.2) is 54.6 Å². The average Bonchev–Trinajstić information content (AvgIpc) is 3.30. The van der Waals surface area contributed by atoms with Gasteiger partial charge in [-0.15, -0.1) is 0 Å². The Labute approximate surface area is 219 Å². The number of nitrogens with one attached hydrogen (secondary N) is 1. The Hall–Kier alpha value is -3.86. The van der Waals surface area contributed by atoms with E-state index in [1.165, 1.54) is 12.0 Å². The Morgan fingerprint density at radius 1 is 1.00 bits per heavy atom. The molecular weight excluding hydrogens is 501 g/mol. The van der Waals surface area contributed by atoms with Gasteiger partial charge in [0.1, 0.15) is 18.1 Å². The number of amides is 2. The molecule has 0 bridgehead atoms. The van der Waals surface area contributed by atoms with E-state index in [9.17, 15) is 22.8 Å². The van der Waals surface area contributed by atoms with Crippen molar-refractivity contribution < 1.29 is 32.2 Å². The molecule has 1 aromatic heterocycles. The van der Waals surface area contributed by atoms with Crippen molar-refractivity contribution in [3.8, 4) is 11.4 Å². The molecule has 11 heteroatoms. The largest absolute Gasteiger partial charge is 0.497 e. The van der Waals surface area contributed by atoms with E-state index in [1.54, 1.807) is 42.1 Å². The highest BCUT2D eigenvalue weighted by molar-refractivity contribution is 5.99. The second-order valence-corrected chi connectivity index (χ2v) is 9.62. The maximum Gasteiger partial charge on any atom is 0.416 e. The van der Waals surface area contributed by atoms with Crippen molar-refractivity contribution in [1.29, 1.82) is 0 Å². The van der Waals surface area contributed by atoms with Crippen LogP contribution in [0.2, 0.25) is 0 Å². The van der Waals surface area contributed by atoms with Gasteiger partial charge < -0.3 is 19.7 Å². The molecule has 204 valence electrons. The molecule has 0 aliphatic heterocycles. The van der Waals surface area contributed by atoms with Gasteiger partial charge in [0.25, 0.3) is 5.91 Å². The summed E-state index contributed by atoms with van der Waals surface area (Å²) >= 11 is 0. The van der Waals surface area contributed by atoms with Gasteiger partial charge in [0, 0.05) is 30.7 Å². The number of rotatable bonds is 9. The molecule has 0 aliphatic carbocycles. The number of methoxy groups -OCH3 is 2. The predicted octanol–water partition coefficient (Wildman–Crippen LogP) is 4.92. The highest BCUT2D eigenvalue weighted by Crippen LogP contribution is 2.29. The summed E-state index contributed by atoms with van der Waals surface area (Å²) in [5.74, 6) is -0.0293. The molecule has 1 heterocycles. The fourth-order valence-electron chi connectivity index (χ4n) is 3.55. The zero-order chi connectivity index (χ0) is 28.1. The van der Waals surface area contributed by atoms with Gasteiger partial charge >= 0.3 is 6.18 Å². The summed E-state index contributed by atoms with van der Waals surface area (Å²) in [6.45, 7) is 5.84. The summed E-state index contributed by atoms with van der Waals surface area (Å²) < 4.78 is 50.6. The van der Waals surface area contributed by atoms with E-state index in [0.29, 0.717) is 17.3 Å². The van der Waals surface area contributed by atoms with Crippen molar-refractivity contribution >= 4 is 17.6 Å². The molecule has 0 aliphatic rings. The molecule has 3 aromatic rings. The Bertz CT molecular complexity index is 1250. The second kappa shape index (κ2) is 11.7. The number of hydrogen-bond donors (Lipinski definition) is 1. The van der Waals surface area contributed by atoms with Crippen molar-refractivity contribution in [1.82, 2.24) is 14.7 Å². The first-order valence-electron chi connectivity index (χ1n) is 11.8. The molecular formula is C27H31F3N4O4. The monoisotopic (exact) mass is 532 g/mol. The minimum Gasteiger partial charge on any atom is -0.497 e. The Balaban J connectivity index is 1.84. The molecule has 2 amide bonds. The fourth-order valence-corrected chi connectivity index (χ4v) is 3.55. The minimum atomic E-state index is -4.52. The lowest BCUT2D eigenvalue weighted by atomic mass is 9.92. The van der Waals surface area contributed by atoms with E-state index in [-0.39, 0.29) is 30.7 Å². The first-order chi connectivity index (χ1) is 17.8. The van der Waals surface area contributed by atoms with Crippen LogP contribution in [0.3, 0.4) is 0 Å². The second-order valence-electron chi connectivity index (χ2n) is 9.62. The van der Waals surface area contributed by atoms with Crippen molar-refractivity contribution in [2.75, 3.05) is 39.2 Å².